The Morgan fingerprint density at radius 3 is 2.52 bits per heavy atom. The number of sulfonamides is 1. The van der Waals surface area contributed by atoms with Crippen molar-refractivity contribution in [2.24, 2.45) is 0 Å². The van der Waals surface area contributed by atoms with Gasteiger partial charge in [-0.05, 0) is 32.0 Å². The Morgan fingerprint density at radius 1 is 1.26 bits per heavy atom. The molecule has 3 aromatic heterocycles. The van der Waals surface area contributed by atoms with Gasteiger partial charge in [0.25, 0.3) is 10.0 Å². The molecule has 0 bridgehead atoms. The lowest BCUT2D eigenvalue weighted by molar-refractivity contribution is -0.141. The van der Waals surface area contributed by atoms with Crippen LogP contribution >= 0.6 is 0 Å². The van der Waals surface area contributed by atoms with Crippen molar-refractivity contribution in [3.8, 4) is 11.5 Å². The summed E-state index contributed by atoms with van der Waals surface area (Å²) in [6, 6.07) is 3.15. The summed E-state index contributed by atoms with van der Waals surface area (Å²) < 4.78 is 74.5. The van der Waals surface area contributed by atoms with Gasteiger partial charge in [-0.3, -0.25) is 5.10 Å². The molecule has 0 spiro atoms. The quantitative estimate of drug-likeness (QED) is 0.701. The third-order valence-electron chi connectivity index (χ3n) is 3.94. The molecular formula is C15H15F3N4O4S. The summed E-state index contributed by atoms with van der Waals surface area (Å²) in [6.45, 7) is 3.35. The van der Waals surface area contributed by atoms with Gasteiger partial charge < -0.3 is 8.94 Å². The van der Waals surface area contributed by atoms with Crippen molar-refractivity contribution >= 4 is 10.0 Å². The number of H-pyrrole nitrogens is 1. The van der Waals surface area contributed by atoms with Crippen LogP contribution in [0, 0.1) is 13.8 Å². The molecule has 3 heterocycles. The number of furan rings is 1. The molecule has 0 saturated heterocycles. The van der Waals surface area contributed by atoms with Gasteiger partial charge in [0.15, 0.2) is 5.76 Å². The third kappa shape index (κ3) is 3.62. The molecule has 0 aliphatic rings. The smallest absolute Gasteiger partial charge is 0.432 e. The molecule has 3 aromatic rings. The Hall–Kier alpha value is -2.60. The van der Waals surface area contributed by atoms with E-state index in [-0.39, 0.29) is 18.0 Å². The highest BCUT2D eigenvalue weighted by Crippen LogP contribution is 2.32. The molecule has 1 N–H and O–H groups in total. The van der Waals surface area contributed by atoms with Crippen molar-refractivity contribution in [3.05, 3.63) is 40.9 Å². The van der Waals surface area contributed by atoms with Crippen LogP contribution in [0.2, 0.25) is 0 Å². The number of aromatic amines is 1. The fraction of sp³-hybridized carbons (Fsp3) is 0.333. The summed E-state index contributed by atoms with van der Waals surface area (Å²) in [7, 11) is -2.67. The average molecular weight is 404 g/mol. The fourth-order valence-electron chi connectivity index (χ4n) is 2.38. The largest absolute Gasteiger partial charge is 0.442 e. The van der Waals surface area contributed by atoms with Gasteiger partial charge in [0.1, 0.15) is 17.1 Å². The third-order valence-corrected chi connectivity index (χ3v) is 5.62. The first-order valence-electron chi connectivity index (χ1n) is 7.61. The Labute approximate surface area is 152 Å². The summed E-state index contributed by atoms with van der Waals surface area (Å²) in [5.74, 6) is 0.386. The van der Waals surface area contributed by atoms with Crippen molar-refractivity contribution < 1.29 is 30.5 Å². The molecule has 146 valence electrons. The average Bonchev–Trinajstić information content (AvgIpc) is 3.29. The van der Waals surface area contributed by atoms with Crippen LogP contribution in [-0.4, -0.2) is 35.1 Å². The number of hydrogen-bond donors (Lipinski definition) is 1. The number of rotatable bonds is 5. The van der Waals surface area contributed by atoms with Gasteiger partial charge in [-0.15, -0.1) is 0 Å². The zero-order chi connectivity index (χ0) is 20.0. The summed E-state index contributed by atoms with van der Waals surface area (Å²) in [4.78, 5) is 0. The number of aromatic nitrogens is 3. The number of nitrogens with zero attached hydrogens (tertiary/aromatic N) is 3. The van der Waals surface area contributed by atoms with Crippen LogP contribution in [0.25, 0.3) is 11.5 Å². The van der Waals surface area contributed by atoms with Gasteiger partial charge in [-0.25, -0.2) is 8.42 Å². The zero-order valence-corrected chi connectivity index (χ0v) is 15.3. The van der Waals surface area contributed by atoms with Crippen LogP contribution in [0.4, 0.5) is 13.2 Å². The minimum atomic E-state index is -4.60. The van der Waals surface area contributed by atoms with E-state index in [1.165, 1.54) is 13.1 Å². The van der Waals surface area contributed by atoms with E-state index in [9.17, 15) is 21.6 Å². The molecule has 0 aromatic carbocycles. The number of nitrogens with one attached hydrogen (secondary N) is 1. The van der Waals surface area contributed by atoms with Crippen LogP contribution in [-0.2, 0) is 22.7 Å². The van der Waals surface area contributed by atoms with E-state index >= 15 is 0 Å². The maximum Gasteiger partial charge on any atom is 0.432 e. The standard InChI is InChI=1S/C15H15F3N4O4S/c1-8-10(9(2)26-21-8)7-22(3)27(23,24)14-5-4-12(25-14)11-6-13(20-19-11)15(16,17)18/h4-6H,7H2,1-3H3,(H,19,20). The minimum absolute atomic E-state index is 0.000159. The first kappa shape index (κ1) is 19.2. The second-order valence-corrected chi connectivity index (χ2v) is 7.82. The van der Waals surface area contributed by atoms with Gasteiger partial charge in [-0.1, -0.05) is 5.16 Å². The normalized spacial score (nSPS) is 12.9. The highest BCUT2D eigenvalue weighted by atomic mass is 32.2. The monoisotopic (exact) mass is 404 g/mol. The van der Waals surface area contributed by atoms with Gasteiger partial charge in [0.2, 0.25) is 5.09 Å². The van der Waals surface area contributed by atoms with E-state index in [1.807, 2.05) is 5.10 Å². The SMILES string of the molecule is Cc1noc(C)c1CN(C)S(=O)(=O)c1ccc(-c2cc(C(F)(F)F)[nH]n2)o1. The molecule has 0 aliphatic carbocycles. The van der Waals surface area contributed by atoms with Crippen molar-refractivity contribution in [2.75, 3.05) is 7.05 Å². The molecule has 0 amide bonds. The van der Waals surface area contributed by atoms with Crippen molar-refractivity contribution in [3.63, 3.8) is 0 Å². The number of halogens is 3. The maximum absolute atomic E-state index is 12.7. The Morgan fingerprint density at radius 2 is 1.96 bits per heavy atom. The lowest BCUT2D eigenvalue weighted by atomic mass is 10.2. The second kappa shape index (κ2) is 6.53. The van der Waals surface area contributed by atoms with Crippen LogP contribution in [0.15, 0.2) is 32.2 Å². The highest BCUT2D eigenvalue weighted by molar-refractivity contribution is 7.88. The molecule has 0 radical (unpaired) electrons. The minimum Gasteiger partial charge on any atom is -0.442 e. The summed E-state index contributed by atoms with van der Waals surface area (Å²) in [5, 5.41) is 8.71. The predicted octanol–water partition coefficient (Wildman–Crippen LogP) is 3.11. The van der Waals surface area contributed by atoms with Crippen LogP contribution < -0.4 is 0 Å². The van der Waals surface area contributed by atoms with Gasteiger partial charge in [0.05, 0.1) is 5.69 Å². The zero-order valence-electron chi connectivity index (χ0n) is 14.5. The van der Waals surface area contributed by atoms with Crippen LogP contribution in [0.3, 0.4) is 0 Å². The first-order valence-corrected chi connectivity index (χ1v) is 9.05. The van der Waals surface area contributed by atoms with E-state index in [4.69, 9.17) is 8.94 Å². The molecule has 0 unspecified atom stereocenters. The maximum atomic E-state index is 12.7. The lowest BCUT2D eigenvalue weighted by Gasteiger charge is -2.15. The lowest BCUT2D eigenvalue weighted by Crippen LogP contribution is -2.26. The first-order chi connectivity index (χ1) is 12.5. The number of aryl methyl sites for hydroxylation is 2. The number of hydrogen-bond acceptors (Lipinski definition) is 6. The molecule has 0 saturated carbocycles. The topological polar surface area (TPSA) is 105 Å². The molecule has 8 nitrogen and oxygen atoms in total. The fourth-order valence-corrected chi connectivity index (χ4v) is 3.42. The van der Waals surface area contributed by atoms with E-state index in [1.54, 1.807) is 13.8 Å². The van der Waals surface area contributed by atoms with Gasteiger partial charge in [-0.2, -0.15) is 22.6 Å². The molecule has 12 heteroatoms. The van der Waals surface area contributed by atoms with Crippen molar-refractivity contribution in [1.82, 2.24) is 19.7 Å². The Balaban J connectivity index is 1.85. The van der Waals surface area contributed by atoms with E-state index in [2.05, 4.69) is 10.3 Å². The van der Waals surface area contributed by atoms with Crippen molar-refractivity contribution in [2.45, 2.75) is 31.7 Å². The van der Waals surface area contributed by atoms with Gasteiger partial charge >= 0.3 is 6.18 Å². The van der Waals surface area contributed by atoms with E-state index < -0.39 is 27.0 Å². The van der Waals surface area contributed by atoms with Gasteiger partial charge in [0, 0.05) is 19.2 Å². The highest BCUT2D eigenvalue weighted by Gasteiger charge is 2.34. The van der Waals surface area contributed by atoms with E-state index in [0.29, 0.717) is 17.0 Å². The summed E-state index contributed by atoms with van der Waals surface area (Å²) >= 11 is 0. The van der Waals surface area contributed by atoms with E-state index in [0.717, 1.165) is 16.4 Å². The molecule has 0 aliphatic heterocycles. The van der Waals surface area contributed by atoms with Crippen molar-refractivity contribution in [1.29, 1.82) is 0 Å². The summed E-state index contributed by atoms with van der Waals surface area (Å²) in [5.41, 5.74) is -0.0353. The van der Waals surface area contributed by atoms with Crippen LogP contribution in [0.5, 0.6) is 0 Å². The molecular weight excluding hydrogens is 389 g/mol. The molecule has 0 atom stereocenters. The van der Waals surface area contributed by atoms with Crippen LogP contribution in [0.1, 0.15) is 22.7 Å². The predicted molar refractivity (Wildman–Crippen MR) is 85.9 cm³/mol. The Kier molecular flexibility index (Phi) is 4.64. The second-order valence-electron chi connectivity index (χ2n) is 5.85. The number of alkyl halides is 3. The summed E-state index contributed by atoms with van der Waals surface area (Å²) in [6.07, 6.45) is -4.60. The Bertz CT molecular complexity index is 1050. The molecule has 0 fully saturated rings. The molecule has 27 heavy (non-hydrogen) atoms. The molecule has 3 rings (SSSR count).